The molecule has 1 saturated heterocycles. The number of nitrogen functional groups attached to an aromatic ring is 1. The van der Waals surface area contributed by atoms with Crippen LogP contribution in [0.1, 0.15) is 74.6 Å². The lowest BCUT2D eigenvalue weighted by Gasteiger charge is -2.29. The Bertz CT molecular complexity index is 2450. The molecule has 15 heteroatoms. The molecule has 7 rings (SSSR count). The van der Waals surface area contributed by atoms with Crippen molar-refractivity contribution in [3.05, 3.63) is 95.1 Å². The number of imidazole rings is 1. The van der Waals surface area contributed by atoms with Gasteiger partial charge in [-0.05, 0) is 54.6 Å². The molecular formula is C42H44N8O6S. The van der Waals surface area contributed by atoms with Gasteiger partial charge in [-0.2, -0.15) is 4.98 Å². The largest absolute Gasteiger partial charge is 0.507 e. The number of aliphatic hydroxyl groups excluding tert-OH is 1. The molecule has 2 amide bonds. The Hall–Kier alpha value is -6.24. The highest BCUT2D eigenvalue weighted by Crippen LogP contribution is 2.33. The third-order valence-corrected chi connectivity index (χ3v) is 10.9. The average Bonchev–Trinajstić information content (AvgIpc) is 4.00. The number of nitrogens with one attached hydrogen (secondary N) is 1. The molecule has 0 bridgehead atoms. The zero-order valence-electron chi connectivity index (χ0n) is 32.0. The number of aliphatic hydroxyl groups is 1. The van der Waals surface area contributed by atoms with Gasteiger partial charge >= 0.3 is 0 Å². The first kappa shape index (κ1) is 39.0. The fourth-order valence-corrected chi connectivity index (χ4v) is 7.76. The number of likely N-dealkylation sites (tertiary alicyclic amines) is 1. The molecule has 0 aliphatic carbocycles. The van der Waals surface area contributed by atoms with Crippen LogP contribution in [0.3, 0.4) is 0 Å². The van der Waals surface area contributed by atoms with E-state index in [-0.39, 0.29) is 54.2 Å². The summed E-state index contributed by atoms with van der Waals surface area (Å²) in [6.45, 7) is 7.99. The Labute approximate surface area is 333 Å². The van der Waals surface area contributed by atoms with Gasteiger partial charge in [-0.25, -0.2) is 9.97 Å². The first-order chi connectivity index (χ1) is 27.5. The number of aromatic nitrogens is 5. The topological polar surface area (TPSA) is 194 Å². The van der Waals surface area contributed by atoms with E-state index in [0.29, 0.717) is 47.8 Å². The van der Waals surface area contributed by atoms with E-state index in [9.17, 15) is 19.8 Å². The van der Waals surface area contributed by atoms with Crippen molar-refractivity contribution in [3.63, 3.8) is 0 Å². The number of nitrogens with two attached hydrogens (primary N) is 1. The van der Waals surface area contributed by atoms with Gasteiger partial charge < -0.3 is 35.4 Å². The normalized spacial score (nSPS) is 16.4. The fourth-order valence-electron chi connectivity index (χ4n) is 6.95. The fraction of sp³-hybridized carbons (Fsp3) is 0.333. The van der Waals surface area contributed by atoms with Crippen molar-refractivity contribution < 1.29 is 29.1 Å². The second-order valence-electron chi connectivity index (χ2n) is 14.4. The summed E-state index contributed by atoms with van der Waals surface area (Å²) < 4.78 is 13.2. The minimum Gasteiger partial charge on any atom is -0.507 e. The molecule has 0 saturated carbocycles. The highest BCUT2D eigenvalue weighted by Gasteiger charge is 2.43. The molecule has 5 heterocycles. The van der Waals surface area contributed by atoms with Gasteiger partial charge in [0.25, 0.3) is 5.88 Å². The summed E-state index contributed by atoms with van der Waals surface area (Å²) in [7, 11) is 0. The molecule has 57 heavy (non-hydrogen) atoms. The van der Waals surface area contributed by atoms with Crippen LogP contribution in [-0.2, 0) is 9.59 Å². The highest BCUT2D eigenvalue weighted by atomic mass is 32.1. The third kappa shape index (κ3) is 8.62. The quantitative estimate of drug-likeness (QED) is 0.0853. The molecule has 14 nitrogen and oxygen atoms in total. The van der Waals surface area contributed by atoms with Gasteiger partial charge in [0.2, 0.25) is 17.6 Å². The Kier molecular flexibility index (Phi) is 11.5. The molecule has 0 radical (unpaired) electrons. The van der Waals surface area contributed by atoms with E-state index < -0.39 is 18.1 Å². The molecule has 4 aromatic heterocycles. The number of β-amino-alcohol motifs (C(OH)–C–C–N with tert-alkyl or cyclic N) is 1. The van der Waals surface area contributed by atoms with Crippen LogP contribution in [0, 0.1) is 24.7 Å². The Morgan fingerprint density at radius 1 is 1.12 bits per heavy atom. The van der Waals surface area contributed by atoms with Crippen LogP contribution in [0.25, 0.3) is 27.5 Å². The van der Waals surface area contributed by atoms with E-state index in [2.05, 4.69) is 37.3 Å². The van der Waals surface area contributed by atoms with Gasteiger partial charge in [0.05, 0.1) is 46.1 Å². The van der Waals surface area contributed by atoms with Crippen LogP contribution in [0.2, 0.25) is 0 Å². The van der Waals surface area contributed by atoms with Crippen molar-refractivity contribution >= 4 is 34.7 Å². The van der Waals surface area contributed by atoms with Crippen molar-refractivity contribution in [3.8, 4) is 45.2 Å². The predicted octanol–water partition coefficient (Wildman–Crippen LogP) is 5.89. The molecule has 1 aliphatic rings. The molecule has 0 spiro atoms. The first-order valence-electron chi connectivity index (χ1n) is 18.8. The second-order valence-corrected chi connectivity index (χ2v) is 15.3. The number of benzene rings is 2. The number of para-hydroxylation sites is 1. The number of carbonyl (C=O) groups is 2. The number of unbranched alkanes of at least 4 members (excludes halogenated alkanes) is 1. The SMILES string of the molecule is Cc1ncsc1-c1ccc([C@H](C)NC(=O)[C@@H]2C[C@@H](O)CN2C(=O)[C@@H](c2cc(OCCCC#Cc3cn4cc(-c5ccccc5O)nc4nc3N)no2)C(C)C)cc1. The number of aryl methyl sites for hydroxylation is 1. The Morgan fingerprint density at radius 2 is 1.91 bits per heavy atom. The van der Waals surface area contributed by atoms with Gasteiger partial charge in [0.15, 0.2) is 5.76 Å². The van der Waals surface area contributed by atoms with Crippen LogP contribution in [0.15, 0.2) is 77.0 Å². The summed E-state index contributed by atoms with van der Waals surface area (Å²) in [6, 6.07) is 15.4. The number of phenols is 1. The zero-order valence-corrected chi connectivity index (χ0v) is 32.9. The maximum atomic E-state index is 14.1. The molecule has 294 valence electrons. The van der Waals surface area contributed by atoms with E-state index in [1.807, 2.05) is 63.5 Å². The Balaban J connectivity index is 0.932. The number of amides is 2. The van der Waals surface area contributed by atoms with Crippen LogP contribution in [-0.4, -0.2) is 76.7 Å². The number of thiazole rings is 1. The third-order valence-electron chi connectivity index (χ3n) is 9.96. The molecule has 5 N–H and O–H groups in total. The first-order valence-corrected chi connectivity index (χ1v) is 19.7. The minimum atomic E-state index is -0.843. The smallest absolute Gasteiger partial charge is 0.254 e. The minimum absolute atomic E-state index is 0.0348. The van der Waals surface area contributed by atoms with Crippen LogP contribution in [0.4, 0.5) is 5.82 Å². The van der Waals surface area contributed by atoms with Gasteiger partial charge in [-0.15, -0.1) is 11.3 Å². The second kappa shape index (κ2) is 16.9. The summed E-state index contributed by atoms with van der Waals surface area (Å²) in [5, 5.41) is 27.9. The lowest BCUT2D eigenvalue weighted by atomic mass is 9.91. The summed E-state index contributed by atoms with van der Waals surface area (Å²) in [6.07, 6.45) is 3.89. The monoisotopic (exact) mass is 788 g/mol. The van der Waals surface area contributed by atoms with E-state index >= 15 is 0 Å². The Morgan fingerprint density at radius 3 is 2.65 bits per heavy atom. The van der Waals surface area contributed by atoms with Gasteiger partial charge in [0, 0.05) is 43.4 Å². The maximum absolute atomic E-state index is 14.1. The zero-order chi connectivity index (χ0) is 40.2. The van der Waals surface area contributed by atoms with E-state index in [4.69, 9.17) is 15.0 Å². The molecule has 4 atom stereocenters. The summed E-state index contributed by atoms with van der Waals surface area (Å²) in [5.41, 5.74) is 12.6. The molecule has 1 aliphatic heterocycles. The summed E-state index contributed by atoms with van der Waals surface area (Å²) in [5.74, 6) is 5.87. The average molecular weight is 789 g/mol. The van der Waals surface area contributed by atoms with E-state index in [0.717, 1.165) is 21.7 Å². The van der Waals surface area contributed by atoms with Crippen molar-refractivity contribution in [2.45, 2.75) is 71.1 Å². The number of fused-ring (bicyclic) bond motifs is 1. The molecule has 0 unspecified atom stereocenters. The lowest BCUT2D eigenvalue weighted by molar-refractivity contribution is -0.141. The van der Waals surface area contributed by atoms with Crippen LogP contribution < -0.4 is 15.8 Å². The maximum Gasteiger partial charge on any atom is 0.254 e. The van der Waals surface area contributed by atoms with Crippen LogP contribution in [0.5, 0.6) is 11.6 Å². The standard InChI is InChI=1S/C42H44N8O6S/c1-24(2)37(41(54)50-21-30(51)18-33(50)40(53)45-25(3)27-13-15-28(16-14-27)38-26(4)44-23-57-38)35-19-36(48-56-35)55-17-9-5-6-10-29-20-49-22-32(46-42(49)47-39(29)43)31-11-7-8-12-34(31)52/h7-8,11-16,19-20,22-25,30,33,37,51-52H,5,9,17-18,21H2,1-4H3,(H,45,53)(H2,43,46,47)/t25-,30+,33-,37+/m0/s1. The number of carbonyl (C=O) groups excluding carboxylic acids is 2. The number of rotatable bonds is 12. The molecule has 6 aromatic rings. The molecular weight excluding hydrogens is 745 g/mol. The lowest BCUT2D eigenvalue weighted by Crippen LogP contribution is -2.48. The van der Waals surface area contributed by atoms with E-state index in [1.54, 1.807) is 52.4 Å². The van der Waals surface area contributed by atoms with Crippen molar-refractivity contribution in [2.75, 3.05) is 18.9 Å². The van der Waals surface area contributed by atoms with Gasteiger partial charge in [0.1, 0.15) is 23.5 Å². The number of ether oxygens (including phenoxy) is 1. The summed E-state index contributed by atoms with van der Waals surface area (Å²) >= 11 is 1.58. The number of hydrogen-bond donors (Lipinski definition) is 4. The van der Waals surface area contributed by atoms with Crippen molar-refractivity contribution in [2.24, 2.45) is 5.92 Å². The summed E-state index contributed by atoms with van der Waals surface area (Å²) in [4.78, 5) is 43.4. The van der Waals surface area contributed by atoms with Crippen molar-refractivity contribution in [1.82, 2.24) is 34.7 Å². The van der Waals surface area contributed by atoms with Crippen LogP contribution >= 0.6 is 11.3 Å². The number of hydrogen-bond acceptors (Lipinski definition) is 12. The predicted molar refractivity (Wildman–Crippen MR) is 215 cm³/mol. The number of anilines is 1. The number of aromatic hydroxyl groups is 1. The highest BCUT2D eigenvalue weighted by molar-refractivity contribution is 7.13. The van der Waals surface area contributed by atoms with E-state index in [1.165, 1.54) is 4.90 Å². The number of phenolic OH excluding ortho intramolecular Hbond substituents is 1. The van der Waals surface area contributed by atoms with Crippen molar-refractivity contribution in [1.29, 1.82) is 0 Å². The van der Waals surface area contributed by atoms with Gasteiger partial charge in [-0.1, -0.05) is 62.1 Å². The number of nitrogens with zero attached hydrogens (tertiary/aromatic N) is 6. The molecule has 1 fully saturated rings. The van der Waals surface area contributed by atoms with Gasteiger partial charge in [-0.3, -0.25) is 14.0 Å². The molecule has 2 aromatic carbocycles.